The normalized spacial score (nSPS) is 11.4. The van der Waals surface area contributed by atoms with Crippen LogP contribution in [0, 0.1) is 20.8 Å². The van der Waals surface area contributed by atoms with E-state index in [4.69, 9.17) is 9.84 Å². The summed E-state index contributed by atoms with van der Waals surface area (Å²) in [6.07, 6.45) is -4.57. The monoisotopic (exact) mass is 395 g/mol. The standard InChI is InChI=1S/C21H24F3NO3/c1-12-9-13(2)20(15(4)27)14(3)17(12)11-25-19-6-5-16(28-8-7-26)10-18(19)21(22,23)24/h5-6,9-10,25-26H,7-8,11H2,1-4H3. The third kappa shape index (κ3) is 4.84. The Balaban J connectivity index is 2.37. The Morgan fingerprint density at radius 2 is 1.82 bits per heavy atom. The molecule has 2 rings (SSSR count). The molecule has 0 amide bonds. The number of Topliss-reactive ketones (excluding diaryl/α,β-unsaturated/α-hetero) is 1. The Morgan fingerprint density at radius 1 is 1.14 bits per heavy atom. The van der Waals surface area contributed by atoms with Gasteiger partial charge < -0.3 is 15.2 Å². The van der Waals surface area contributed by atoms with Gasteiger partial charge in [-0.25, -0.2) is 0 Å². The number of rotatable bonds is 7. The maximum Gasteiger partial charge on any atom is 0.418 e. The molecule has 28 heavy (non-hydrogen) atoms. The lowest BCUT2D eigenvalue weighted by atomic mass is 9.91. The third-order valence-electron chi connectivity index (χ3n) is 4.60. The molecule has 0 saturated carbocycles. The highest BCUT2D eigenvalue weighted by Crippen LogP contribution is 2.37. The van der Waals surface area contributed by atoms with Crippen molar-refractivity contribution < 1.29 is 27.8 Å². The van der Waals surface area contributed by atoms with Crippen LogP contribution in [0.25, 0.3) is 0 Å². The van der Waals surface area contributed by atoms with Gasteiger partial charge in [0.15, 0.2) is 5.78 Å². The van der Waals surface area contributed by atoms with Crippen molar-refractivity contribution in [2.75, 3.05) is 18.5 Å². The number of ether oxygens (including phenoxy) is 1. The molecular weight excluding hydrogens is 371 g/mol. The smallest absolute Gasteiger partial charge is 0.418 e. The first kappa shape index (κ1) is 21.8. The maximum atomic E-state index is 13.5. The largest absolute Gasteiger partial charge is 0.491 e. The van der Waals surface area contributed by atoms with E-state index in [1.807, 2.05) is 26.8 Å². The molecule has 0 atom stereocenters. The van der Waals surface area contributed by atoms with Gasteiger partial charge in [-0.2, -0.15) is 13.2 Å². The van der Waals surface area contributed by atoms with Gasteiger partial charge in [-0.15, -0.1) is 0 Å². The quantitative estimate of drug-likeness (QED) is 0.660. The van der Waals surface area contributed by atoms with Crippen molar-refractivity contribution in [1.82, 2.24) is 0 Å². The molecule has 0 fully saturated rings. The van der Waals surface area contributed by atoms with Gasteiger partial charge in [0.05, 0.1) is 12.2 Å². The lowest BCUT2D eigenvalue weighted by molar-refractivity contribution is -0.137. The van der Waals surface area contributed by atoms with E-state index in [1.165, 1.54) is 19.1 Å². The average Bonchev–Trinajstić information content (AvgIpc) is 2.58. The molecule has 0 radical (unpaired) electrons. The molecule has 0 bridgehead atoms. The van der Waals surface area contributed by atoms with Crippen LogP contribution in [-0.4, -0.2) is 24.1 Å². The van der Waals surface area contributed by atoms with E-state index in [0.717, 1.165) is 28.3 Å². The highest BCUT2D eigenvalue weighted by Gasteiger charge is 2.34. The third-order valence-corrected chi connectivity index (χ3v) is 4.60. The van der Waals surface area contributed by atoms with Crippen molar-refractivity contribution in [2.24, 2.45) is 0 Å². The van der Waals surface area contributed by atoms with E-state index < -0.39 is 11.7 Å². The number of ketones is 1. The number of carbonyl (C=O) groups is 1. The number of hydrogen-bond acceptors (Lipinski definition) is 4. The van der Waals surface area contributed by atoms with Crippen LogP contribution in [0.5, 0.6) is 5.75 Å². The van der Waals surface area contributed by atoms with E-state index >= 15 is 0 Å². The number of aliphatic hydroxyl groups excluding tert-OH is 1. The summed E-state index contributed by atoms with van der Waals surface area (Å²) >= 11 is 0. The Kier molecular flexibility index (Phi) is 6.72. The fourth-order valence-corrected chi connectivity index (χ4v) is 3.39. The summed E-state index contributed by atoms with van der Waals surface area (Å²) in [4.78, 5) is 11.9. The lowest BCUT2D eigenvalue weighted by Crippen LogP contribution is -2.14. The van der Waals surface area contributed by atoms with Crippen molar-refractivity contribution in [3.8, 4) is 5.75 Å². The van der Waals surface area contributed by atoms with Crippen LogP contribution < -0.4 is 10.1 Å². The second-order valence-electron chi connectivity index (χ2n) is 6.68. The molecule has 0 saturated heterocycles. The number of halogens is 3. The molecule has 0 spiro atoms. The minimum atomic E-state index is -4.57. The SMILES string of the molecule is CC(=O)c1c(C)cc(C)c(CNc2ccc(OCCO)cc2C(F)(F)F)c1C. The molecule has 2 aromatic rings. The number of benzene rings is 2. The molecule has 0 unspecified atom stereocenters. The van der Waals surface area contributed by atoms with Crippen LogP contribution >= 0.6 is 0 Å². The zero-order valence-corrected chi connectivity index (χ0v) is 16.3. The molecule has 0 heterocycles. The first-order valence-corrected chi connectivity index (χ1v) is 8.85. The van der Waals surface area contributed by atoms with Crippen LogP contribution in [0.1, 0.15) is 45.1 Å². The number of nitrogens with one attached hydrogen (secondary N) is 1. The van der Waals surface area contributed by atoms with Crippen LogP contribution in [0.2, 0.25) is 0 Å². The predicted molar refractivity (Wildman–Crippen MR) is 102 cm³/mol. The fourth-order valence-electron chi connectivity index (χ4n) is 3.39. The topological polar surface area (TPSA) is 58.6 Å². The molecule has 0 aromatic heterocycles. The zero-order chi connectivity index (χ0) is 21.1. The summed E-state index contributed by atoms with van der Waals surface area (Å²) < 4.78 is 45.5. The van der Waals surface area contributed by atoms with Gasteiger partial charge in [-0.05, 0) is 68.1 Å². The van der Waals surface area contributed by atoms with Crippen LogP contribution in [0.4, 0.5) is 18.9 Å². The van der Waals surface area contributed by atoms with E-state index in [1.54, 1.807) is 0 Å². The van der Waals surface area contributed by atoms with Crippen molar-refractivity contribution in [3.63, 3.8) is 0 Å². The Bertz CT molecular complexity index is 876. The Hall–Kier alpha value is -2.54. The van der Waals surface area contributed by atoms with Gasteiger partial charge in [0.25, 0.3) is 0 Å². The summed E-state index contributed by atoms with van der Waals surface area (Å²) in [5, 5.41) is 11.6. The van der Waals surface area contributed by atoms with Gasteiger partial charge >= 0.3 is 6.18 Å². The van der Waals surface area contributed by atoms with Gasteiger partial charge in [0.1, 0.15) is 12.4 Å². The van der Waals surface area contributed by atoms with Gasteiger partial charge in [0, 0.05) is 17.8 Å². The molecule has 7 heteroatoms. The van der Waals surface area contributed by atoms with E-state index in [0.29, 0.717) is 5.56 Å². The first-order chi connectivity index (χ1) is 13.1. The summed E-state index contributed by atoms with van der Waals surface area (Å²) in [5.74, 6) is -0.0360. The molecule has 0 aliphatic heterocycles. The summed E-state index contributed by atoms with van der Waals surface area (Å²) in [5.41, 5.74) is 3.01. The Labute approximate surface area is 162 Å². The molecule has 2 N–H and O–H groups in total. The number of carbonyl (C=O) groups excluding carboxylic acids is 1. The van der Waals surface area contributed by atoms with Crippen LogP contribution in [-0.2, 0) is 12.7 Å². The maximum absolute atomic E-state index is 13.5. The molecule has 0 aliphatic carbocycles. The van der Waals surface area contributed by atoms with Crippen LogP contribution in [0.15, 0.2) is 24.3 Å². The highest BCUT2D eigenvalue weighted by atomic mass is 19.4. The minimum Gasteiger partial charge on any atom is -0.491 e. The molecule has 0 aliphatic rings. The lowest BCUT2D eigenvalue weighted by Gasteiger charge is -2.19. The minimum absolute atomic E-state index is 0.0356. The number of aliphatic hydroxyl groups is 1. The fraction of sp³-hybridized carbons (Fsp3) is 0.381. The average molecular weight is 395 g/mol. The van der Waals surface area contributed by atoms with Gasteiger partial charge in [0.2, 0.25) is 0 Å². The second kappa shape index (κ2) is 8.65. The summed E-state index contributed by atoms with van der Waals surface area (Å²) in [7, 11) is 0. The van der Waals surface area contributed by atoms with Crippen LogP contribution in [0.3, 0.4) is 0 Å². The molecule has 2 aromatic carbocycles. The van der Waals surface area contributed by atoms with Crippen molar-refractivity contribution in [3.05, 3.63) is 57.6 Å². The summed E-state index contributed by atoms with van der Waals surface area (Å²) in [6.45, 7) is 6.79. The number of alkyl halides is 3. The van der Waals surface area contributed by atoms with Crippen molar-refractivity contribution >= 4 is 11.5 Å². The number of aryl methyl sites for hydroxylation is 2. The van der Waals surface area contributed by atoms with Gasteiger partial charge in [-0.3, -0.25) is 4.79 Å². The molecular formula is C21H24F3NO3. The highest BCUT2D eigenvalue weighted by molar-refractivity contribution is 5.97. The zero-order valence-electron chi connectivity index (χ0n) is 16.3. The molecule has 4 nitrogen and oxygen atoms in total. The Morgan fingerprint density at radius 3 is 2.39 bits per heavy atom. The first-order valence-electron chi connectivity index (χ1n) is 8.85. The van der Waals surface area contributed by atoms with Gasteiger partial charge in [-0.1, -0.05) is 6.07 Å². The van der Waals surface area contributed by atoms with E-state index in [9.17, 15) is 18.0 Å². The summed E-state index contributed by atoms with van der Waals surface area (Å²) in [6, 6.07) is 5.51. The number of hydrogen-bond donors (Lipinski definition) is 2. The predicted octanol–water partition coefficient (Wildman–Crippen LogP) is 4.82. The number of anilines is 1. The molecule has 152 valence electrons. The second-order valence-corrected chi connectivity index (χ2v) is 6.68. The van der Waals surface area contributed by atoms with Crippen molar-refractivity contribution in [2.45, 2.75) is 40.4 Å². The van der Waals surface area contributed by atoms with Crippen molar-refractivity contribution in [1.29, 1.82) is 0 Å². The van der Waals surface area contributed by atoms with E-state index in [-0.39, 0.29) is 37.0 Å². The van der Waals surface area contributed by atoms with E-state index in [2.05, 4.69) is 5.32 Å².